The molecule has 7 heteroatoms. The van der Waals surface area contributed by atoms with Gasteiger partial charge in [-0.05, 0) is 17.7 Å². The monoisotopic (exact) mass is 312 g/mol. The molecule has 0 aliphatic rings. The lowest BCUT2D eigenvalue weighted by molar-refractivity contribution is 0.682. The third-order valence-corrected chi connectivity index (χ3v) is 3.78. The number of fused-ring (bicyclic) bond motifs is 1. The lowest BCUT2D eigenvalue weighted by atomic mass is 10.2. The molecule has 0 fully saturated rings. The molecular weight excluding hydrogens is 292 g/mol. The van der Waals surface area contributed by atoms with Gasteiger partial charge in [0.2, 0.25) is 5.95 Å². The average molecular weight is 312 g/mol. The fourth-order valence-corrected chi connectivity index (χ4v) is 2.54. The van der Waals surface area contributed by atoms with E-state index in [1.165, 1.54) is 5.69 Å². The van der Waals surface area contributed by atoms with E-state index in [1.807, 2.05) is 18.2 Å². The van der Waals surface area contributed by atoms with Crippen molar-refractivity contribution in [2.75, 3.05) is 30.8 Å². The van der Waals surface area contributed by atoms with Crippen molar-refractivity contribution in [2.24, 2.45) is 0 Å². The fraction of sp³-hybridized carbons (Fsp3) is 0.250. The predicted octanol–water partition coefficient (Wildman–Crippen LogP) is 1.06. The third kappa shape index (κ3) is 3.35. The van der Waals surface area contributed by atoms with Gasteiger partial charge in [-0.1, -0.05) is 18.2 Å². The van der Waals surface area contributed by atoms with E-state index in [0.717, 1.165) is 18.7 Å². The molecule has 0 saturated heterocycles. The van der Waals surface area contributed by atoms with E-state index in [0.29, 0.717) is 17.6 Å². The van der Waals surface area contributed by atoms with E-state index in [1.54, 1.807) is 6.20 Å². The molecule has 23 heavy (non-hydrogen) atoms. The number of para-hydroxylation sites is 1. The van der Waals surface area contributed by atoms with Crippen LogP contribution in [0.3, 0.4) is 0 Å². The summed E-state index contributed by atoms with van der Waals surface area (Å²) >= 11 is 0. The van der Waals surface area contributed by atoms with Crippen molar-refractivity contribution in [3.63, 3.8) is 0 Å². The van der Waals surface area contributed by atoms with E-state index < -0.39 is 0 Å². The second-order valence-corrected chi connectivity index (χ2v) is 5.42. The van der Waals surface area contributed by atoms with Crippen molar-refractivity contribution in [2.45, 2.75) is 6.54 Å². The maximum atomic E-state index is 12.0. The number of rotatable bonds is 6. The lowest BCUT2D eigenvalue weighted by Crippen LogP contribution is -2.29. The van der Waals surface area contributed by atoms with E-state index in [-0.39, 0.29) is 11.5 Å². The summed E-state index contributed by atoms with van der Waals surface area (Å²) in [6, 6.07) is 10.2. The molecule has 3 aromatic rings. The number of likely N-dealkylation sites (N-methyl/N-ethyl adjacent to an activating group) is 1. The standard InChI is InChI=1S/C16H20N6O/c1-22(12-5-3-2-4-6-12)8-7-18-9-11-10-19-14-13(11)15(23)21-16(17)20-14/h2-6,10,18H,7-9H2,1H3,(H4,17,19,20,21,23). The van der Waals surface area contributed by atoms with Crippen LogP contribution < -0.4 is 21.5 Å². The Balaban J connectivity index is 1.58. The van der Waals surface area contributed by atoms with Crippen molar-refractivity contribution in [1.82, 2.24) is 20.3 Å². The number of nitrogens with zero attached hydrogens (tertiary/aromatic N) is 2. The maximum absolute atomic E-state index is 12.0. The Hall–Kier alpha value is -2.80. The Kier molecular flexibility index (Phi) is 4.29. The molecule has 1 aromatic carbocycles. The van der Waals surface area contributed by atoms with Gasteiger partial charge < -0.3 is 20.9 Å². The molecule has 0 radical (unpaired) electrons. The number of aromatic nitrogens is 3. The number of anilines is 2. The van der Waals surface area contributed by atoms with E-state index in [9.17, 15) is 4.79 Å². The summed E-state index contributed by atoms with van der Waals surface area (Å²) in [4.78, 5) is 23.7. The van der Waals surface area contributed by atoms with Crippen molar-refractivity contribution >= 4 is 22.7 Å². The SMILES string of the molecule is CN(CCNCc1c[nH]c2nc(N)[nH]c(=O)c12)c1ccccc1. The summed E-state index contributed by atoms with van der Waals surface area (Å²) in [6.45, 7) is 2.27. The molecule has 2 heterocycles. The maximum Gasteiger partial charge on any atom is 0.262 e. The Labute approximate surface area is 133 Å². The molecule has 2 aromatic heterocycles. The first-order chi connectivity index (χ1) is 11.1. The summed E-state index contributed by atoms with van der Waals surface area (Å²) in [5.41, 5.74) is 7.90. The molecule has 7 nitrogen and oxygen atoms in total. The second-order valence-electron chi connectivity index (χ2n) is 5.42. The molecule has 0 aliphatic carbocycles. The van der Waals surface area contributed by atoms with E-state index >= 15 is 0 Å². The van der Waals surface area contributed by atoms with Gasteiger partial charge in [-0.3, -0.25) is 9.78 Å². The molecule has 0 saturated carbocycles. The van der Waals surface area contributed by atoms with Crippen LogP contribution in [-0.2, 0) is 6.54 Å². The van der Waals surface area contributed by atoms with Crippen molar-refractivity contribution in [3.05, 3.63) is 52.4 Å². The van der Waals surface area contributed by atoms with Gasteiger partial charge in [0.15, 0.2) is 0 Å². The average Bonchev–Trinajstić information content (AvgIpc) is 2.95. The van der Waals surface area contributed by atoms with Crippen LogP contribution in [-0.4, -0.2) is 35.1 Å². The molecule has 0 amide bonds. The van der Waals surface area contributed by atoms with Crippen LogP contribution in [0.1, 0.15) is 5.56 Å². The number of hydrogen-bond acceptors (Lipinski definition) is 5. The van der Waals surface area contributed by atoms with Crippen LogP contribution in [0.4, 0.5) is 11.6 Å². The minimum atomic E-state index is -0.216. The molecule has 0 bridgehead atoms. The summed E-state index contributed by atoms with van der Waals surface area (Å²) in [6.07, 6.45) is 1.79. The first-order valence-corrected chi connectivity index (χ1v) is 7.48. The molecule has 0 aliphatic heterocycles. The van der Waals surface area contributed by atoms with Gasteiger partial charge in [-0.25, -0.2) is 0 Å². The van der Waals surface area contributed by atoms with Crippen LogP contribution in [0.2, 0.25) is 0 Å². The predicted molar refractivity (Wildman–Crippen MR) is 92.5 cm³/mol. The summed E-state index contributed by atoms with van der Waals surface area (Å²) < 4.78 is 0. The topological polar surface area (TPSA) is 103 Å². The molecule has 0 unspecified atom stereocenters. The number of hydrogen-bond donors (Lipinski definition) is 4. The van der Waals surface area contributed by atoms with Crippen LogP contribution in [0.25, 0.3) is 11.0 Å². The summed E-state index contributed by atoms with van der Waals surface area (Å²) in [5.74, 6) is 0.119. The molecule has 0 spiro atoms. The highest BCUT2D eigenvalue weighted by Gasteiger charge is 2.09. The number of nitrogen functional groups attached to an aromatic ring is 1. The Bertz CT molecular complexity index is 839. The number of H-pyrrole nitrogens is 2. The first-order valence-electron chi connectivity index (χ1n) is 7.48. The van der Waals surface area contributed by atoms with Crippen LogP contribution in [0.5, 0.6) is 0 Å². The van der Waals surface area contributed by atoms with E-state index in [2.05, 4.69) is 44.3 Å². The fourth-order valence-electron chi connectivity index (χ4n) is 2.54. The number of nitrogens with two attached hydrogens (primary N) is 1. The van der Waals surface area contributed by atoms with Crippen LogP contribution in [0, 0.1) is 0 Å². The minimum absolute atomic E-state index is 0.119. The normalized spacial score (nSPS) is 11.0. The number of benzene rings is 1. The van der Waals surface area contributed by atoms with Gasteiger partial charge in [0.1, 0.15) is 5.65 Å². The highest BCUT2D eigenvalue weighted by atomic mass is 16.1. The van der Waals surface area contributed by atoms with Crippen LogP contribution >= 0.6 is 0 Å². The smallest absolute Gasteiger partial charge is 0.262 e. The largest absolute Gasteiger partial charge is 0.373 e. The van der Waals surface area contributed by atoms with Gasteiger partial charge in [0.05, 0.1) is 5.39 Å². The second kappa shape index (κ2) is 6.53. The first kappa shape index (κ1) is 15.1. The zero-order valence-corrected chi connectivity index (χ0v) is 13.0. The van der Waals surface area contributed by atoms with Gasteiger partial charge in [-0.15, -0.1) is 0 Å². The van der Waals surface area contributed by atoms with Crippen molar-refractivity contribution in [1.29, 1.82) is 0 Å². The quantitative estimate of drug-likeness (QED) is 0.510. The Morgan fingerprint density at radius 1 is 1.30 bits per heavy atom. The molecule has 3 rings (SSSR count). The summed E-state index contributed by atoms with van der Waals surface area (Å²) in [7, 11) is 2.06. The molecule has 0 atom stereocenters. The number of nitrogens with one attached hydrogen (secondary N) is 3. The highest BCUT2D eigenvalue weighted by Crippen LogP contribution is 2.12. The molecular formula is C16H20N6O. The van der Waals surface area contributed by atoms with Crippen molar-refractivity contribution < 1.29 is 0 Å². The zero-order chi connectivity index (χ0) is 16.2. The van der Waals surface area contributed by atoms with Crippen molar-refractivity contribution in [3.8, 4) is 0 Å². The zero-order valence-electron chi connectivity index (χ0n) is 13.0. The minimum Gasteiger partial charge on any atom is -0.373 e. The highest BCUT2D eigenvalue weighted by molar-refractivity contribution is 5.79. The summed E-state index contributed by atoms with van der Waals surface area (Å²) in [5, 5.41) is 3.91. The van der Waals surface area contributed by atoms with Crippen LogP contribution in [0.15, 0.2) is 41.3 Å². The van der Waals surface area contributed by atoms with E-state index in [4.69, 9.17) is 5.73 Å². The lowest BCUT2D eigenvalue weighted by Gasteiger charge is -2.19. The van der Waals surface area contributed by atoms with Gasteiger partial charge in [0.25, 0.3) is 5.56 Å². The Morgan fingerprint density at radius 3 is 2.87 bits per heavy atom. The van der Waals surface area contributed by atoms with Gasteiger partial charge in [-0.2, -0.15) is 4.98 Å². The van der Waals surface area contributed by atoms with Gasteiger partial charge in [0, 0.05) is 38.6 Å². The molecule has 5 N–H and O–H groups in total. The Morgan fingerprint density at radius 2 is 2.09 bits per heavy atom. The third-order valence-electron chi connectivity index (χ3n) is 3.78. The molecule has 120 valence electrons. The number of aromatic amines is 2. The van der Waals surface area contributed by atoms with Gasteiger partial charge >= 0.3 is 0 Å².